The first kappa shape index (κ1) is 23.6. The highest BCUT2D eigenvalue weighted by molar-refractivity contribution is 6.32. The first-order chi connectivity index (χ1) is 16.4. The number of anilines is 5. The molecule has 2 heterocycles. The zero-order valence-corrected chi connectivity index (χ0v) is 20.1. The summed E-state index contributed by atoms with van der Waals surface area (Å²) in [7, 11) is 0. The Morgan fingerprint density at radius 2 is 1.59 bits per heavy atom. The van der Waals surface area contributed by atoms with Gasteiger partial charge in [-0.3, -0.25) is 0 Å². The van der Waals surface area contributed by atoms with Crippen LogP contribution in [0.1, 0.15) is 22.6 Å². The van der Waals surface area contributed by atoms with Crippen molar-refractivity contribution in [2.45, 2.75) is 12.8 Å². The molecule has 7 nitrogen and oxygen atoms in total. The molecule has 0 bridgehead atoms. The number of hydrogen-bond donors (Lipinski definition) is 3. The molecule has 0 spiro atoms. The topological polar surface area (TPSA) is 113 Å². The zero-order valence-electron chi connectivity index (χ0n) is 17.9. The number of benzene rings is 2. The highest BCUT2D eigenvalue weighted by Gasteiger charge is 2.19. The van der Waals surface area contributed by atoms with Crippen molar-refractivity contribution in [3.63, 3.8) is 0 Å². The molecule has 0 saturated heterocycles. The Balaban J connectivity index is 1.61. The Morgan fingerprint density at radius 1 is 0.912 bits per heavy atom. The summed E-state index contributed by atoms with van der Waals surface area (Å²) < 4.78 is 0. The molecular formula is C24H18Cl3N7. The van der Waals surface area contributed by atoms with Crippen LogP contribution in [0.2, 0.25) is 15.1 Å². The minimum atomic E-state index is -0.538. The van der Waals surface area contributed by atoms with Crippen LogP contribution in [0.25, 0.3) is 0 Å². The van der Waals surface area contributed by atoms with Gasteiger partial charge in [0, 0.05) is 21.9 Å². The van der Waals surface area contributed by atoms with Crippen LogP contribution in [-0.2, 0) is 0 Å². The second-order valence-corrected chi connectivity index (χ2v) is 8.68. The molecule has 0 radical (unpaired) electrons. The summed E-state index contributed by atoms with van der Waals surface area (Å²) in [5, 5.41) is 17.6. The third-order valence-electron chi connectivity index (χ3n) is 5.10. The van der Waals surface area contributed by atoms with Gasteiger partial charge in [0.15, 0.2) is 11.6 Å². The number of nitriles is 1. The average molecular weight is 511 g/mol. The number of aromatic nitrogens is 3. The Morgan fingerprint density at radius 3 is 2.24 bits per heavy atom. The van der Waals surface area contributed by atoms with Crippen molar-refractivity contribution >= 4 is 63.6 Å². The number of halogens is 3. The monoisotopic (exact) mass is 509 g/mol. The van der Waals surface area contributed by atoms with Gasteiger partial charge in [-0.25, -0.2) is 15.0 Å². The largest absolute Gasteiger partial charge is 0.393 e. The molecule has 1 unspecified atom stereocenters. The van der Waals surface area contributed by atoms with Crippen molar-refractivity contribution in [2.75, 3.05) is 16.4 Å². The van der Waals surface area contributed by atoms with Crippen LogP contribution in [0.5, 0.6) is 0 Å². The third-order valence-corrected chi connectivity index (χ3v) is 5.90. The van der Waals surface area contributed by atoms with Crippen LogP contribution in [0, 0.1) is 18.3 Å². The maximum absolute atomic E-state index is 9.82. The van der Waals surface area contributed by atoms with Gasteiger partial charge in [-0.15, -0.1) is 0 Å². The second-order valence-electron chi connectivity index (χ2n) is 7.40. The molecule has 34 heavy (non-hydrogen) atoms. The van der Waals surface area contributed by atoms with E-state index < -0.39 is 5.92 Å². The molecule has 0 aliphatic carbocycles. The molecule has 0 saturated carbocycles. The number of pyridine rings is 1. The van der Waals surface area contributed by atoms with E-state index in [2.05, 4.69) is 31.7 Å². The number of rotatable bonds is 6. The van der Waals surface area contributed by atoms with Crippen molar-refractivity contribution in [3.05, 3.63) is 92.8 Å². The van der Waals surface area contributed by atoms with Crippen LogP contribution in [-0.4, -0.2) is 15.0 Å². The van der Waals surface area contributed by atoms with Crippen molar-refractivity contribution in [2.24, 2.45) is 0 Å². The van der Waals surface area contributed by atoms with E-state index in [1.165, 1.54) is 12.5 Å². The van der Waals surface area contributed by atoms with Crippen LogP contribution in [0.3, 0.4) is 0 Å². The van der Waals surface area contributed by atoms with Gasteiger partial charge in [-0.1, -0.05) is 53.0 Å². The van der Waals surface area contributed by atoms with E-state index in [1.807, 2.05) is 25.1 Å². The lowest BCUT2D eigenvalue weighted by atomic mass is 9.91. The normalized spacial score (nSPS) is 11.5. The quantitative estimate of drug-likeness (QED) is 0.259. The molecule has 0 fully saturated rings. The molecule has 170 valence electrons. The second kappa shape index (κ2) is 10.1. The van der Waals surface area contributed by atoms with Gasteiger partial charge in [-0.2, -0.15) is 5.26 Å². The molecular weight excluding hydrogens is 493 g/mol. The Hall–Kier alpha value is -3.57. The lowest BCUT2D eigenvalue weighted by Crippen LogP contribution is -2.07. The summed E-state index contributed by atoms with van der Waals surface area (Å²) in [6.07, 6.45) is 2.90. The van der Waals surface area contributed by atoms with Crippen molar-refractivity contribution in [1.82, 2.24) is 15.0 Å². The predicted molar refractivity (Wildman–Crippen MR) is 137 cm³/mol. The lowest BCUT2D eigenvalue weighted by molar-refractivity contribution is 1.03. The predicted octanol–water partition coefficient (Wildman–Crippen LogP) is 6.87. The first-order valence-electron chi connectivity index (χ1n) is 10.1. The molecule has 4 aromatic rings. The van der Waals surface area contributed by atoms with Gasteiger partial charge in [-0.05, 0) is 53.9 Å². The number of nitrogens with one attached hydrogen (secondary N) is 2. The minimum Gasteiger partial charge on any atom is -0.393 e. The molecule has 10 heteroatoms. The highest BCUT2D eigenvalue weighted by atomic mass is 35.5. The molecule has 0 aliphatic rings. The fraction of sp³-hybridized carbons (Fsp3) is 0.0833. The average Bonchev–Trinajstić information content (AvgIpc) is 2.82. The zero-order chi connectivity index (χ0) is 24.2. The molecule has 4 N–H and O–H groups in total. The molecule has 2 aromatic carbocycles. The lowest BCUT2D eigenvalue weighted by Gasteiger charge is -2.17. The van der Waals surface area contributed by atoms with Crippen LogP contribution < -0.4 is 16.4 Å². The summed E-state index contributed by atoms with van der Waals surface area (Å²) in [5.41, 5.74) is 9.66. The van der Waals surface area contributed by atoms with Crippen molar-refractivity contribution in [3.8, 4) is 6.07 Å². The van der Waals surface area contributed by atoms with Crippen LogP contribution in [0.4, 0.5) is 28.8 Å². The summed E-state index contributed by atoms with van der Waals surface area (Å²) >= 11 is 18.5. The Labute approximate surface area is 211 Å². The smallest absolute Gasteiger partial charge is 0.160 e. The summed E-state index contributed by atoms with van der Waals surface area (Å²) in [6.45, 7) is 1.91. The van der Waals surface area contributed by atoms with E-state index in [0.29, 0.717) is 49.5 Å². The van der Waals surface area contributed by atoms with Gasteiger partial charge in [0.25, 0.3) is 0 Å². The first-order valence-corrected chi connectivity index (χ1v) is 11.2. The molecule has 0 aliphatic heterocycles. The summed E-state index contributed by atoms with van der Waals surface area (Å²) in [4.78, 5) is 12.6. The maximum Gasteiger partial charge on any atom is 0.160 e. The fourth-order valence-electron chi connectivity index (χ4n) is 3.33. The van der Waals surface area contributed by atoms with E-state index in [4.69, 9.17) is 40.5 Å². The Kier molecular flexibility index (Phi) is 7.03. The van der Waals surface area contributed by atoms with Gasteiger partial charge in [0.05, 0.1) is 17.0 Å². The number of hydrogen-bond acceptors (Lipinski definition) is 7. The van der Waals surface area contributed by atoms with E-state index in [-0.39, 0.29) is 0 Å². The van der Waals surface area contributed by atoms with E-state index in [9.17, 15) is 5.26 Å². The van der Waals surface area contributed by atoms with Gasteiger partial charge < -0.3 is 16.4 Å². The molecule has 2 aromatic heterocycles. The number of nitrogens with zero attached hydrogens (tertiary/aromatic N) is 4. The standard InChI is InChI=1S/C24H18Cl3N7/c1-13-8-17(18(10-28)14-2-4-15(25)5-3-14)19(27)9-20(13)33-23-22(29)24(32-12-31-23)34-21-7-6-16(26)11-30-21/h2-9,11-12,18H,29H2,1H3,(H2,30,31,32,33,34). The molecule has 0 amide bonds. The number of aryl methyl sites for hydroxylation is 1. The van der Waals surface area contributed by atoms with Gasteiger partial charge in [0.1, 0.15) is 17.8 Å². The Bertz CT molecular complexity index is 1370. The van der Waals surface area contributed by atoms with Crippen LogP contribution >= 0.6 is 34.8 Å². The van der Waals surface area contributed by atoms with Gasteiger partial charge >= 0.3 is 0 Å². The van der Waals surface area contributed by atoms with E-state index >= 15 is 0 Å². The molecule has 1 atom stereocenters. The highest BCUT2D eigenvalue weighted by Crippen LogP contribution is 2.36. The van der Waals surface area contributed by atoms with Crippen molar-refractivity contribution in [1.29, 1.82) is 5.26 Å². The minimum absolute atomic E-state index is 0.301. The van der Waals surface area contributed by atoms with Crippen LogP contribution in [0.15, 0.2) is 61.1 Å². The summed E-state index contributed by atoms with van der Waals surface area (Å²) in [6, 6.07) is 16.5. The SMILES string of the molecule is Cc1cc(C(C#N)c2ccc(Cl)cc2)c(Cl)cc1Nc1ncnc(Nc2ccc(Cl)cn2)c1N. The fourth-order valence-corrected chi connectivity index (χ4v) is 3.84. The summed E-state index contributed by atoms with van der Waals surface area (Å²) in [5.74, 6) is 0.784. The number of nitrogen functional groups attached to an aromatic ring is 1. The maximum atomic E-state index is 9.82. The van der Waals surface area contributed by atoms with E-state index in [1.54, 1.807) is 30.3 Å². The van der Waals surface area contributed by atoms with E-state index in [0.717, 1.165) is 11.1 Å². The third kappa shape index (κ3) is 5.15. The van der Waals surface area contributed by atoms with Crippen molar-refractivity contribution < 1.29 is 0 Å². The van der Waals surface area contributed by atoms with Gasteiger partial charge in [0.2, 0.25) is 0 Å². The molecule has 4 rings (SSSR count). The number of nitrogens with two attached hydrogens (primary N) is 1.